The number of anilines is 1. The minimum atomic E-state index is 0.642. The summed E-state index contributed by atoms with van der Waals surface area (Å²) in [5, 5.41) is 14.8. The summed E-state index contributed by atoms with van der Waals surface area (Å²) in [5.74, 6) is 0.642. The molecule has 0 unspecified atom stereocenters. The fourth-order valence-electron chi connectivity index (χ4n) is 2.04. The fraction of sp³-hybridized carbons (Fsp3) is 0.615. The highest BCUT2D eigenvalue weighted by Gasteiger charge is 2.31. The van der Waals surface area contributed by atoms with Crippen molar-refractivity contribution in [2.45, 2.75) is 32.2 Å². The monoisotopic (exact) mass is 309 g/mol. The molecule has 1 fully saturated rings. The maximum absolute atomic E-state index is 4.84. The first-order valence-electron chi connectivity index (χ1n) is 6.89. The van der Waals surface area contributed by atoms with Crippen molar-refractivity contribution >= 4 is 27.8 Å². The number of nitrogens with zero attached hydrogens (tertiary/aromatic N) is 4. The van der Waals surface area contributed by atoms with Crippen molar-refractivity contribution in [1.82, 2.24) is 20.1 Å². The molecule has 1 N–H and O–H groups in total. The van der Waals surface area contributed by atoms with Crippen molar-refractivity contribution in [2.75, 3.05) is 26.0 Å². The summed E-state index contributed by atoms with van der Waals surface area (Å²) in [6, 6.07) is 0. The molecule has 2 heterocycles. The van der Waals surface area contributed by atoms with E-state index >= 15 is 0 Å². The second-order valence-corrected chi connectivity index (χ2v) is 7.34. The lowest BCUT2D eigenvalue weighted by Crippen LogP contribution is -2.10. The third-order valence-corrected chi connectivity index (χ3v) is 5.15. The zero-order chi connectivity index (χ0) is 14.1. The van der Waals surface area contributed by atoms with Crippen LogP contribution in [0.4, 0.5) is 5.13 Å². The van der Waals surface area contributed by atoms with Crippen molar-refractivity contribution in [2.24, 2.45) is 0 Å². The molecule has 108 valence electrons. The van der Waals surface area contributed by atoms with Crippen LogP contribution in [0, 0.1) is 0 Å². The highest BCUT2D eigenvalue weighted by atomic mass is 32.1. The molecule has 3 rings (SSSR count). The number of aromatic nitrogens is 3. The van der Waals surface area contributed by atoms with Crippen LogP contribution in [0.2, 0.25) is 0 Å². The van der Waals surface area contributed by atoms with Crippen LogP contribution < -0.4 is 5.32 Å². The molecule has 0 amide bonds. The van der Waals surface area contributed by atoms with Crippen molar-refractivity contribution in [3.05, 3.63) is 10.7 Å². The molecule has 1 saturated carbocycles. The maximum Gasteiger partial charge on any atom is 0.206 e. The van der Waals surface area contributed by atoms with E-state index in [9.17, 15) is 0 Å². The van der Waals surface area contributed by atoms with Crippen molar-refractivity contribution < 1.29 is 0 Å². The van der Waals surface area contributed by atoms with Gasteiger partial charge in [0, 0.05) is 19.0 Å². The SMILES string of the molecule is CCNc1nnc(-c2sc(CN(C)C)nc2C2CC2)s1. The lowest BCUT2D eigenvalue weighted by atomic mass is 10.2. The fourth-order valence-corrected chi connectivity index (χ4v) is 4.20. The summed E-state index contributed by atoms with van der Waals surface area (Å²) in [4.78, 5) is 8.22. The Morgan fingerprint density at radius 1 is 1.25 bits per heavy atom. The van der Waals surface area contributed by atoms with E-state index in [-0.39, 0.29) is 0 Å². The van der Waals surface area contributed by atoms with Crippen LogP contribution in [0.5, 0.6) is 0 Å². The van der Waals surface area contributed by atoms with Gasteiger partial charge in [0.15, 0.2) is 5.01 Å². The molecule has 20 heavy (non-hydrogen) atoms. The van der Waals surface area contributed by atoms with E-state index in [1.165, 1.54) is 28.4 Å². The van der Waals surface area contributed by atoms with Gasteiger partial charge in [0.2, 0.25) is 5.13 Å². The minimum Gasteiger partial charge on any atom is -0.360 e. The van der Waals surface area contributed by atoms with E-state index in [1.807, 2.05) is 0 Å². The zero-order valence-corrected chi connectivity index (χ0v) is 13.6. The molecule has 0 aliphatic heterocycles. The topological polar surface area (TPSA) is 53.9 Å². The molecular weight excluding hydrogens is 290 g/mol. The van der Waals surface area contributed by atoms with Crippen molar-refractivity contribution in [3.8, 4) is 9.88 Å². The number of nitrogens with one attached hydrogen (secondary N) is 1. The molecule has 0 aromatic carbocycles. The van der Waals surface area contributed by atoms with Crippen LogP contribution in [0.1, 0.15) is 36.4 Å². The first-order chi connectivity index (χ1) is 9.67. The Morgan fingerprint density at radius 3 is 2.70 bits per heavy atom. The van der Waals surface area contributed by atoms with E-state index < -0.39 is 0 Å². The van der Waals surface area contributed by atoms with Gasteiger partial charge < -0.3 is 10.2 Å². The average Bonchev–Trinajstić information content (AvgIpc) is 2.99. The first-order valence-corrected chi connectivity index (χ1v) is 8.52. The summed E-state index contributed by atoms with van der Waals surface area (Å²) >= 11 is 3.39. The number of hydrogen-bond donors (Lipinski definition) is 1. The summed E-state index contributed by atoms with van der Waals surface area (Å²) in [6.07, 6.45) is 2.52. The first kappa shape index (κ1) is 13.9. The molecule has 0 bridgehead atoms. The predicted octanol–water partition coefficient (Wildman–Crippen LogP) is 3.03. The highest BCUT2D eigenvalue weighted by Crippen LogP contribution is 2.47. The van der Waals surface area contributed by atoms with Gasteiger partial charge in [0.25, 0.3) is 0 Å². The van der Waals surface area contributed by atoms with E-state index in [1.54, 1.807) is 22.7 Å². The summed E-state index contributed by atoms with van der Waals surface area (Å²) in [7, 11) is 4.15. The second kappa shape index (κ2) is 5.75. The van der Waals surface area contributed by atoms with Crippen molar-refractivity contribution in [1.29, 1.82) is 0 Å². The Hall–Kier alpha value is -1.05. The van der Waals surface area contributed by atoms with Crippen LogP contribution in [-0.2, 0) is 6.54 Å². The smallest absolute Gasteiger partial charge is 0.206 e. The van der Waals surface area contributed by atoms with E-state index in [0.717, 1.165) is 23.2 Å². The zero-order valence-electron chi connectivity index (χ0n) is 12.0. The Kier molecular flexibility index (Phi) is 4.00. The van der Waals surface area contributed by atoms with Gasteiger partial charge >= 0.3 is 0 Å². The Labute approximate surface area is 127 Å². The number of thiazole rings is 1. The predicted molar refractivity (Wildman–Crippen MR) is 84.5 cm³/mol. The van der Waals surface area contributed by atoms with Gasteiger partial charge in [-0.25, -0.2) is 4.98 Å². The molecule has 1 aliphatic carbocycles. The molecule has 7 heteroatoms. The maximum atomic E-state index is 4.84. The molecule has 2 aromatic heterocycles. The Morgan fingerprint density at radius 2 is 2.05 bits per heavy atom. The normalized spacial score (nSPS) is 15.0. The van der Waals surface area contributed by atoms with Gasteiger partial charge in [-0.1, -0.05) is 11.3 Å². The van der Waals surface area contributed by atoms with Gasteiger partial charge in [0.05, 0.1) is 10.6 Å². The Balaban J connectivity index is 1.91. The van der Waals surface area contributed by atoms with Crippen LogP contribution in [-0.4, -0.2) is 40.7 Å². The van der Waals surface area contributed by atoms with Crippen LogP contribution in [0.15, 0.2) is 0 Å². The lowest BCUT2D eigenvalue weighted by Gasteiger charge is -2.04. The van der Waals surface area contributed by atoms with Crippen molar-refractivity contribution in [3.63, 3.8) is 0 Å². The van der Waals surface area contributed by atoms with Gasteiger partial charge in [-0.2, -0.15) is 0 Å². The average molecular weight is 309 g/mol. The highest BCUT2D eigenvalue weighted by molar-refractivity contribution is 7.23. The summed E-state index contributed by atoms with van der Waals surface area (Å²) in [6.45, 7) is 3.83. The molecule has 0 radical (unpaired) electrons. The third kappa shape index (κ3) is 2.99. The molecule has 0 saturated heterocycles. The van der Waals surface area contributed by atoms with E-state index in [2.05, 4.69) is 41.4 Å². The molecule has 1 aliphatic rings. The molecule has 5 nitrogen and oxygen atoms in total. The minimum absolute atomic E-state index is 0.642. The van der Waals surface area contributed by atoms with Crippen LogP contribution in [0.3, 0.4) is 0 Å². The number of rotatable bonds is 6. The van der Waals surface area contributed by atoms with Gasteiger partial charge in [-0.05, 0) is 33.9 Å². The molecule has 0 spiro atoms. The largest absolute Gasteiger partial charge is 0.360 e. The summed E-state index contributed by atoms with van der Waals surface area (Å²) < 4.78 is 0. The molecule has 0 atom stereocenters. The molecular formula is C13H19N5S2. The molecule has 2 aromatic rings. The van der Waals surface area contributed by atoms with Gasteiger partial charge in [0.1, 0.15) is 5.01 Å². The lowest BCUT2D eigenvalue weighted by molar-refractivity contribution is 0.401. The quantitative estimate of drug-likeness (QED) is 0.889. The Bertz CT molecular complexity index is 585. The van der Waals surface area contributed by atoms with E-state index in [4.69, 9.17) is 4.98 Å². The standard InChI is InChI=1S/C13H19N5S2/c1-4-14-13-17-16-12(20-13)11-10(8-5-6-8)15-9(19-11)7-18(2)3/h8H,4-7H2,1-3H3,(H,14,17). The van der Waals surface area contributed by atoms with Crippen LogP contribution in [0.25, 0.3) is 9.88 Å². The third-order valence-electron chi connectivity index (χ3n) is 3.06. The van der Waals surface area contributed by atoms with Crippen LogP contribution >= 0.6 is 22.7 Å². The van der Waals surface area contributed by atoms with E-state index in [0.29, 0.717) is 5.92 Å². The summed E-state index contributed by atoms with van der Waals surface area (Å²) in [5.41, 5.74) is 1.24. The second-order valence-electron chi connectivity index (χ2n) is 5.28. The number of hydrogen-bond acceptors (Lipinski definition) is 7. The van der Waals surface area contributed by atoms with Gasteiger partial charge in [-0.15, -0.1) is 21.5 Å². The van der Waals surface area contributed by atoms with Gasteiger partial charge in [-0.3, -0.25) is 0 Å².